The van der Waals surface area contributed by atoms with Gasteiger partial charge in [-0.05, 0) is 109 Å². The molecule has 0 spiro atoms. The van der Waals surface area contributed by atoms with E-state index in [9.17, 15) is 15.3 Å². The lowest BCUT2D eigenvalue weighted by Crippen LogP contribution is -2.35. The molecule has 10 nitrogen and oxygen atoms in total. The molecule has 0 amide bonds. The van der Waals surface area contributed by atoms with Crippen LogP contribution in [-0.4, -0.2) is 78.3 Å². The second-order valence-corrected chi connectivity index (χ2v) is 12.3. The SMILES string of the molecule is Oc1ccccc1C=Nc1ccc(OCCN(CCOc2ccc(N=Cc3ccccc3O)cc2)CCOc2ccc(N=Cc3ccccc3O)cc2)cc1. The molecule has 6 aromatic rings. The molecule has 10 heteroatoms. The van der Waals surface area contributed by atoms with Crippen molar-refractivity contribution in [2.45, 2.75) is 0 Å². The molecule has 0 heterocycles. The van der Waals surface area contributed by atoms with Gasteiger partial charge in [0.2, 0.25) is 0 Å². The van der Waals surface area contributed by atoms with Crippen molar-refractivity contribution in [3.63, 3.8) is 0 Å². The molecule has 278 valence electrons. The van der Waals surface area contributed by atoms with Crippen LogP contribution in [0.3, 0.4) is 0 Å². The van der Waals surface area contributed by atoms with Gasteiger partial charge in [0.05, 0.1) is 17.1 Å². The van der Waals surface area contributed by atoms with Crippen LogP contribution in [0.1, 0.15) is 16.7 Å². The van der Waals surface area contributed by atoms with E-state index < -0.39 is 0 Å². The first kappa shape index (κ1) is 37.8. The third kappa shape index (κ3) is 12.1. The van der Waals surface area contributed by atoms with Gasteiger partial charge in [-0.15, -0.1) is 0 Å². The second-order valence-electron chi connectivity index (χ2n) is 12.3. The van der Waals surface area contributed by atoms with E-state index in [1.54, 1.807) is 73.2 Å². The molecular weight excluding hydrogens is 693 g/mol. The molecule has 0 saturated heterocycles. The molecule has 0 saturated carbocycles. The van der Waals surface area contributed by atoms with Gasteiger partial charge in [0.1, 0.15) is 54.3 Å². The Hall–Kier alpha value is -6.91. The zero-order chi connectivity index (χ0) is 38.1. The Morgan fingerprint density at radius 3 is 0.927 bits per heavy atom. The summed E-state index contributed by atoms with van der Waals surface area (Å²) in [7, 11) is 0. The van der Waals surface area contributed by atoms with Gasteiger partial charge in [-0.3, -0.25) is 19.9 Å². The van der Waals surface area contributed by atoms with E-state index in [0.717, 1.165) is 34.3 Å². The Morgan fingerprint density at radius 1 is 0.382 bits per heavy atom. The normalized spacial score (nSPS) is 11.5. The highest BCUT2D eigenvalue weighted by molar-refractivity contribution is 5.86. The maximum atomic E-state index is 9.98. The highest BCUT2D eigenvalue weighted by Gasteiger charge is 2.08. The predicted molar refractivity (Wildman–Crippen MR) is 218 cm³/mol. The topological polar surface area (TPSA) is 129 Å². The maximum absolute atomic E-state index is 9.98. The summed E-state index contributed by atoms with van der Waals surface area (Å²) in [6.45, 7) is 3.27. The van der Waals surface area contributed by atoms with Crippen LogP contribution in [0.2, 0.25) is 0 Å². The number of ether oxygens (including phenoxy) is 3. The first-order valence-electron chi connectivity index (χ1n) is 17.9. The quantitative estimate of drug-likeness (QED) is 0.0753. The number of para-hydroxylation sites is 3. The molecule has 55 heavy (non-hydrogen) atoms. The molecule has 0 aliphatic heterocycles. The summed E-state index contributed by atoms with van der Waals surface area (Å²) >= 11 is 0. The molecule has 0 aromatic heterocycles. The largest absolute Gasteiger partial charge is 0.507 e. The van der Waals surface area contributed by atoms with E-state index in [0.29, 0.717) is 56.1 Å². The summed E-state index contributed by atoms with van der Waals surface area (Å²) in [5.41, 5.74) is 4.19. The van der Waals surface area contributed by atoms with Crippen molar-refractivity contribution in [2.24, 2.45) is 15.0 Å². The lowest BCUT2D eigenvalue weighted by molar-refractivity contribution is 0.153. The van der Waals surface area contributed by atoms with E-state index in [1.165, 1.54) is 0 Å². The van der Waals surface area contributed by atoms with E-state index in [1.807, 2.05) is 91.0 Å². The van der Waals surface area contributed by atoms with Crippen molar-refractivity contribution >= 4 is 35.7 Å². The van der Waals surface area contributed by atoms with Gasteiger partial charge in [-0.25, -0.2) is 0 Å². The number of phenols is 3. The summed E-state index contributed by atoms with van der Waals surface area (Å²) in [6.07, 6.45) is 4.90. The smallest absolute Gasteiger partial charge is 0.124 e. The van der Waals surface area contributed by atoms with Crippen LogP contribution in [0.5, 0.6) is 34.5 Å². The number of phenolic OH excluding ortho intramolecular Hbond substituents is 3. The molecule has 0 unspecified atom stereocenters. The summed E-state index contributed by atoms with van der Waals surface area (Å²) in [5.74, 6) is 2.72. The van der Waals surface area contributed by atoms with Gasteiger partial charge in [0.25, 0.3) is 0 Å². The lowest BCUT2D eigenvalue weighted by atomic mass is 10.2. The average Bonchev–Trinajstić information content (AvgIpc) is 3.21. The minimum absolute atomic E-state index is 0.181. The Kier molecular flexibility index (Phi) is 13.6. The first-order valence-corrected chi connectivity index (χ1v) is 17.9. The van der Waals surface area contributed by atoms with Crippen molar-refractivity contribution in [1.82, 2.24) is 4.90 Å². The third-order valence-electron chi connectivity index (χ3n) is 8.41. The Labute approximate surface area is 320 Å². The molecular formula is C45H42N4O6. The van der Waals surface area contributed by atoms with E-state index in [2.05, 4.69) is 19.9 Å². The van der Waals surface area contributed by atoms with E-state index in [4.69, 9.17) is 14.2 Å². The summed E-state index contributed by atoms with van der Waals surface area (Å²) < 4.78 is 18.2. The number of aromatic hydroxyl groups is 3. The van der Waals surface area contributed by atoms with Crippen molar-refractivity contribution in [1.29, 1.82) is 0 Å². The van der Waals surface area contributed by atoms with E-state index in [-0.39, 0.29) is 17.2 Å². The zero-order valence-corrected chi connectivity index (χ0v) is 30.2. The fourth-order valence-corrected chi connectivity index (χ4v) is 5.32. The van der Waals surface area contributed by atoms with Crippen LogP contribution < -0.4 is 14.2 Å². The molecule has 0 bridgehead atoms. The second kappa shape index (κ2) is 19.8. The summed E-state index contributed by atoms with van der Waals surface area (Å²) in [5, 5.41) is 29.9. The predicted octanol–water partition coefficient (Wildman–Crippen LogP) is 8.89. The molecule has 0 fully saturated rings. The fourth-order valence-electron chi connectivity index (χ4n) is 5.32. The monoisotopic (exact) mass is 734 g/mol. The van der Waals surface area contributed by atoms with Crippen LogP contribution in [0.25, 0.3) is 0 Å². The molecule has 0 radical (unpaired) electrons. The summed E-state index contributed by atoms with van der Waals surface area (Å²) in [6, 6.07) is 43.6. The summed E-state index contributed by atoms with van der Waals surface area (Å²) in [4.78, 5) is 15.6. The zero-order valence-electron chi connectivity index (χ0n) is 30.2. The van der Waals surface area contributed by atoms with Gasteiger partial charge in [0, 0.05) is 55.0 Å². The first-order chi connectivity index (χ1) is 27.0. The molecule has 6 aromatic carbocycles. The lowest BCUT2D eigenvalue weighted by Gasteiger charge is -2.22. The highest BCUT2D eigenvalue weighted by Crippen LogP contribution is 2.23. The molecule has 0 aliphatic rings. The third-order valence-corrected chi connectivity index (χ3v) is 8.41. The van der Waals surface area contributed by atoms with Crippen LogP contribution in [-0.2, 0) is 0 Å². The number of hydrogen-bond donors (Lipinski definition) is 3. The fraction of sp³-hybridized carbons (Fsp3) is 0.133. The molecule has 3 N–H and O–H groups in total. The van der Waals surface area contributed by atoms with Crippen LogP contribution in [0.15, 0.2) is 161 Å². The Bertz CT molecular complexity index is 1940. The average molecular weight is 735 g/mol. The maximum Gasteiger partial charge on any atom is 0.124 e. The van der Waals surface area contributed by atoms with Crippen LogP contribution in [0, 0.1) is 0 Å². The van der Waals surface area contributed by atoms with Gasteiger partial charge in [-0.1, -0.05) is 36.4 Å². The molecule has 0 atom stereocenters. The van der Waals surface area contributed by atoms with Crippen molar-refractivity contribution in [2.75, 3.05) is 39.5 Å². The molecule has 6 rings (SSSR count). The Morgan fingerprint density at radius 2 is 0.655 bits per heavy atom. The van der Waals surface area contributed by atoms with Gasteiger partial charge < -0.3 is 29.5 Å². The van der Waals surface area contributed by atoms with Crippen molar-refractivity contribution < 1.29 is 29.5 Å². The van der Waals surface area contributed by atoms with Crippen molar-refractivity contribution in [3.05, 3.63) is 162 Å². The van der Waals surface area contributed by atoms with Gasteiger partial charge in [0.15, 0.2) is 0 Å². The number of benzene rings is 6. The minimum atomic E-state index is 0.181. The number of aliphatic imine (C=N–C) groups is 3. The van der Waals surface area contributed by atoms with Crippen LogP contribution >= 0.6 is 0 Å². The van der Waals surface area contributed by atoms with Crippen LogP contribution in [0.4, 0.5) is 17.1 Å². The van der Waals surface area contributed by atoms with Crippen molar-refractivity contribution in [3.8, 4) is 34.5 Å². The number of nitrogens with zero attached hydrogens (tertiary/aromatic N) is 4. The standard InChI is InChI=1S/C45H42N4O6/c50-43-10-4-1-7-34(43)31-46-37-13-19-40(20-14-37)53-28-25-49(26-29-54-41-21-15-38(16-22-41)47-32-35-8-2-5-11-44(35)51)27-30-55-42-23-17-39(18-24-42)48-33-36-9-3-6-12-45(36)52/h1-24,31-33,50-52H,25-30H2. The highest BCUT2D eigenvalue weighted by atomic mass is 16.5. The van der Waals surface area contributed by atoms with Gasteiger partial charge >= 0.3 is 0 Å². The van der Waals surface area contributed by atoms with E-state index >= 15 is 0 Å². The van der Waals surface area contributed by atoms with Gasteiger partial charge in [-0.2, -0.15) is 0 Å². The number of rotatable bonds is 18. The number of hydrogen-bond acceptors (Lipinski definition) is 10. The molecule has 0 aliphatic carbocycles. The Balaban J connectivity index is 1.01. The minimum Gasteiger partial charge on any atom is -0.507 e.